The lowest BCUT2D eigenvalue weighted by molar-refractivity contribution is 1.23. The molecule has 0 bridgehead atoms. The molecule has 0 amide bonds. The Kier molecular flexibility index (Phi) is 1.35. The van der Waals surface area contributed by atoms with E-state index >= 15 is 0 Å². The van der Waals surface area contributed by atoms with E-state index in [0.717, 1.165) is 12.0 Å². The van der Waals surface area contributed by atoms with Crippen LogP contribution in [0.3, 0.4) is 0 Å². The quantitative estimate of drug-likeness (QED) is 0.575. The van der Waals surface area contributed by atoms with Gasteiger partial charge in [0.05, 0.1) is 5.71 Å². The zero-order chi connectivity index (χ0) is 7.68. The highest BCUT2D eigenvalue weighted by atomic mass is 14.4. The molecule has 1 aliphatic rings. The fourth-order valence-corrected chi connectivity index (χ4v) is 1.35. The molecule has 2 rings (SSSR count). The zero-order valence-corrected chi connectivity index (χ0v) is 6.17. The lowest BCUT2D eigenvalue weighted by Crippen LogP contribution is -2.04. The fraction of sp³-hybridized carbons (Fsp3) is 0.100. The average molecular weight is 143 g/mol. The van der Waals surface area contributed by atoms with Gasteiger partial charge < -0.3 is 5.41 Å². The predicted molar refractivity (Wildman–Crippen MR) is 46.1 cm³/mol. The minimum Gasteiger partial charge on any atom is -0.300 e. The SMILES string of the molecule is N=C1C=CCc2ccccc21. The predicted octanol–water partition coefficient (Wildman–Crippen LogP) is 2.17. The van der Waals surface area contributed by atoms with E-state index in [9.17, 15) is 0 Å². The Morgan fingerprint density at radius 2 is 2.00 bits per heavy atom. The summed E-state index contributed by atoms with van der Waals surface area (Å²) in [5.74, 6) is 0. The van der Waals surface area contributed by atoms with Crippen molar-refractivity contribution in [1.82, 2.24) is 0 Å². The standard InChI is InChI=1S/C10H9N/c11-10-7-3-5-8-4-1-2-6-9(8)10/h1-4,6-7,11H,5H2. The van der Waals surface area contributed by atoms with E-state index in [4.69, 9.17) is 5.41 Å². The fourth-order valence-electron chi connectivity index (χ4n) is 1.35. The van der Waals surface area contributed by atoms with Crippen LogP contribution in [0.15, 0.2) is 36.4 Å². The number of allylic oxidation sites excluding steroid dienone is 2. The Labute approximate surface area is 65.9 Å². The first-order valence-corrected chi connectivity index (χ1v) is 3.71. The number of benzene rings is 1. The van der Waals surface area contributed by atoms with Gasteiger partial charge in [-0.1, -0.05) is 30.3 Å². The van der Waals surface area contributed by atoms with Crippen LogP contribution < -0.4 is 0 Å². The topological polar surface area (TPSA) is 23.9 Å². The first-order chi connectivity index (χ1) is 5.38. The highest BCUT2D eigenvalue weighted by molar-refractivity contribution is 6.08. The molecule has 1 heteroatoms. The molecular formula is C10H9N. The smallest absolute Gasteiger partial charge is 0.0612 e. The molecule has 0 aliphatic heterocycles. The van der Waals surface area contributed by atoms with Crippen molar-refractivity contribution in [2.75, 3.05) is 0 Å². The van der Waals surface area contributed by atoms with Crippen LogP contribution in [0.5, 0.6) is 0 Å². The summed E-state index contributed by atoms with van der Waals surface area (Å²) in [5.41, 5.74) is 2.97. The Bertz CT molecular complexity index is 323. The summed E-state index contributed by atoms with van der Waals surface area (Å²) in [4.78, 5) is 0. The van der Waals surface area contributed by atoms with Crippen molar-refractivity contribution in [1.29, 1.82) is 5.41 Å². The second-order valence-corrected chi connectivity index (χ2v) is 2.68. The van der Waals surface area contributed by atoms with Crippen molar-refractivity contribution in [3.63, 3.8) is 0 Å². The van der Waals surface area contributed by atoms with Crippen molar-refractivity contribution < 1.29 is 0 Å². The van der Waals surface area contributed by atoms with Gasteiger partial charge in [-0.15, -0.1) is 0 Å². The summed E-state index contributed by atoms with van der Waals surface area (Å²) >= 11 is 0. The Morgan fingerprint density at radius 1 is 1.18 bits per heavy atom. The second-order valence-electron chi connectivity index (χ2n) is 2.68. The van der Waals surface area contributed by atoms with Crippen LogP contribution in [0.25, 0.3) is 0 Å². The van der Waals surface area contributed by atoms with Gasteiger partial charge in [0.15, 0.2) is 0 Å². The first kappa shape index (κ1) is 6.35. The minimum atomic E-state index is 0.631. The van der Waals surface area contributed by atoms with Crippen molar-refractivity contribution in [3.05, 3.63) is 47.5 Å². The Morgan fingerprint density at radius 3 is 2.82 bits per heavy atom. The molecule has 1 aliphatic carbocycles. The summed E-state index contributed by atoms with van der Waals surface area (Å²) in [6.07, 6.45) is 4.87. The van der Waals surface area contributed by atoms with Crippen LogP contribution >= 0.6 is 0 Å². The Hall–Kier alpha value is -1.37. The van der Waals surface area contributed by atoms with E-state index in [1.54, 1.807) is 0 Å². The van der Waals surface area contributed by atoms with Crippen LogP contribution in [0, 0.1) is 5.41 Å². The number of fused-ring (bicyclic) bond motifs is 1. The molecule has 1 aromatic rings. The first-order valence-electron chi connectivity index (χ1n) is 3.71. The molecule has 0 heterocycles. The van der Waals surface area contributed by atoms with Gasteiger partial charge in [-0.25, -0.2) is 0 Å². The van der Waals surface area contributed by atoms with Gasteiger partial charge in [0, 0.05) is 5.56 Å². The lowest BCUT2D eigenvalue weighted by atomic mass is 9.96. The van der Waals surface area contributed by atoms with Gasteiger partial charge >= 0.3 is 0 Å². The largest absolute Gasteiger partial charge is 0.300 e. The van der Waals surface area contributed by atoms with E-state index < -0.39 is 0 Å². The minimum absolute atomic E-state index is 0.631. The van der Waals surface area contributed by atoms with Gasteiger partial charge in [-0.05, 0) is 18.1 Å². The van der Waals surface area contributed by atoms with E-state index in [-0.39, 0.29) is 0 Å². The third-order valence-electron chi connectivity index (χ3n) is 1.93. The molecule has 0 radical (unpaired) electrons. The molecule has 1 aromatic carbocycles. The molecule has 0 fully saturated rings. The third-order valence-corrected chi connectivity index (χ3v) is 1.93. The van der Waals surface area contributed by atoms with E-state index in [0.29, 0.717) is 5.71 Å². The van der Waals surface area contributed by atoms with Gasteiger partial charge in [-0.3, -0.25) is 0 Å². The van der Waals surface area contributed by atoms with Crippen LogP contribution in [-0.4, -0.2) is 5.71 Å². The molecule has 0 aromatic heterocycles. The highest BCUT2D eigenvalue weighted by Gasteiger charge is 2.06. The monoisotopic (exact) mass is 143 g/mol. The van der Waals surface area contributed by atoms with Crippen LogP contribution in [0.1, 0.15) is 11.1 Å². The van der Waals surface area contributed by atoms with Gasteiger partial charge in [-0.2, -0.15) is 0 Å². The maximum atomic E-state index is 7.58. The van der Waals surface area contributed by atoms with Crippen LogP contribution in [-0.2, 0) is 6.42 Å². The number of hydrogen-bond acceptors (Lipinski definition) is 1. The van der Waals surface area contributed by atoms with Crippen molar-refractivity contribution in [3.8, 4) is 0 Å². The van der Waals surface area contributed by atoms with Crippen LogP contribution in [0.4, 0.5) is 0 Å². The summed E-state index contributed by atoms with van der Waals surface area (Å²) in [5, 5.41) is 7.58. The molecule has 11 heavy (non-hydrogen) atoms. The molecule has 0 atom stereocenters. The number of rotatable bonds is 0. The van der Waals surface area contributed by atoms with Crippen molar-refractivity contribution >= 4 is 5.71 Å². The molecular weight excluding hydrogens is 134 g/mol. The third kappa shape index (κ3) is 0.984. The lowest BCUT2D eigenvalue weighted by Gasteiger charge is -2.09. The number of hydrogen-bond donors (Lipinski definition) is 1. The molecule has 0 unspecified atom stereocenters. The maximum absolute atomic E-state index is 7.58. The normalized spacial score (nSPS) is 14.7. The zero-order valence-electron chi connectivity index (χ0n) is 6.17. The van der Waals surface area contributed by atoms with E-state index in [1.807, 2.05) is 30.4 Å². The van der Waals surface area contributed by atoms with Gasteiger partial charge in [0.1, 0.15) is 0 Å². The average Bonchev–Trinajstić information content (AvgIpc) is 2.06. The summed E-state index contributed by atoms with van der Waals surface area (Å²) in [6.45, 7) is 0. The molecule has 0 saturated heterocycles. The Balaban J connectivity index is 2.59. The molecule has 1 nitrogen and oxygen atoms in total. The maximum Gasteiger partial charge on any atom is 0.0612 e. The van der Waals surface area contributed by atoms with Gasteiger partial charge in [0.25, 0.3) is 0 Å². The molecule has 54 valence electrons. The number of nitrogens with one attached hydrogen (secondary N) is 1. The van der Waals surface area contributed by atoms with E-state index in [1.165, 1.54) is 5.56 Å². The van der Waals surface area contributed by atoms with E-state index in [2.05, 4.69) is 6.07 Å². The summed E-state index contributed by atoms with van der Waals surface area (Å²) < 4.78 is 0. The summed E-state index contributed by atoms with van der Waals surface area (Å²) in [7, 11) is 0. The van der Waals surface area contributed by atoms with Crippen LogP contribution in [0.2, 0.25) is 0 Å². The van der Waals surface area contributed by atoms with Crippen molar-refractivity contribution in [2.24, 2.45) is 0 Å². The van der Waals surface area contributed by atoms with Crippen molar-refractivity contribution in [2.45, 2.75) is 6.42 Å². The second kappa shape index (κ2) is 2.35. The van der Waals surface area contributed by atoms with Gasteiger partial charge in [0.2, 0.25) is 0 Å². The molecule has 0 saturated carbocycles. The molecule has 0 spiro atoms. The molecule has 1 N–H and O–H groups in total. The summed E-state index contributed by atoms with van der Waals surface area (Å²) in [6, 6.07) is 8.08. The highest BCUT2D eigenvalue weighted by Crippen LogP contribution is 2.15.